The number of nitrogens with zero attached hydrogens (tertiary/aromatic N) is 3. The topological polar surface area (TPSA) is 58.5 Å². The first kappa shape index (κ1) is 11.5. The van der Waals surface area contributed by atoms with Crippen molar-refractivity contribution in [1.29, 1.82) is 0 Å². The Labute approximate surface area is 111 Å². The molecule has 2 N–H and O–H groups in total. The molecule has 1 aromatic carbocycles. The van der Waals surface area contributed by atoms with Crippen LogP contribution in [0.1, 0.15) is 11.1 Å². The zero-order valence-electron chi connectivity index (χ0n) is 10.5. The van der Waals surface area contributed by atoms with Crippen molar-refractivity contribution >= 4 is 5.69 Å². The predicted molar refractivity (Wildman–Crippen MR) is 73.7 cm³/mol. The van der Waals surface area contributed by atoms with Crippen molar-refractivity contribution in [3.63, 3.8) is 0 Å². The van der Waals surface area contributed by atoms with Gasteiger partial charge in [0.05, 0.1) is 6.54 Å². The second-order valence-corrected chi connectivity index (χ2v) is 4.36. The zero-order chi connectivity index (χ0) is 12.9. The standard InChI is InChI=1S/C14H15N5/c1-3-14(17-8-13-5-6-15-7-13)4-2-12(1)9-19-11-16-10-18-19/h1-7,10-11,15,17H,8-9H2. The van der Waals surface area contributed by atoms with Crippen LogP contribution in [0, 0.1) is 0 Å². The van der Waals surface area contributed by atoms with Gasteiger partial charge in [0.15, 0.2) is 0 Å². The third-order valence-corrected chi connectivity index (χ3v) is 2.92. The number of benzene rings is 1. The van der Waals surface area contributed by atoms with Crippen molar-refractivity contribution in [3.05, 3.63) is 66.5 Å². The van der Waals surface area contributed by atoms with Crippen molar-refractivity contribution in [2.24, 2.45) is 0 Å². The fourth-order valence-electron chi connectivity index (χ4n) is 1.90. The first-order valence-corrected chi connectivity index (χ1v) is 6.17. The van der Waals surface area contributed by atoms with Crippen molar-refractivity contribution in [2.75, 3.05) is 5.32 Å². The lowest BCUT2D eigenvalue weighted by atomic mass is 10.2. The van der Waals surface area contributed by atoms with Crippen LogP contribution in [0.4, 0.5) is 5.69 Å². The number of rotatable bonds is 5. The molecule has 2 aromatic heterocycles. The molecule has 0 amide bonds. The van der Waals surface area contributed by atoms with Crippen LogP contribution in [0.2, 0.25) is 0 Å². The van der Waals surface area contributed by atoms with Gasteiger partial charge in [-0.1, -0.05) is 12.1 Å². The van der Waals surface area contributed by atoms with Crippen LogP contribution >= 0.6 is 0 Å². The van der Waals surface area contributed by atoms with E-state index < -0.39 is 0 Å². The Morgan fingerprint density at radius 3 is 2.68 bits per heavy atom. The summed E-state index contributed by atoms with van der Waals surface area (Å²) in [5, 5.41) is 7.47. The van der Waals surface area contributed by atoms with E-state index in [9.17, 15) is 0 Å². The molecule has 0 saturated carbocycles. The fraction of sp³-hybridized carbons (Fsp3) is 0.143. The van der Waals surface area contributed by atoms with Gasteiger partial charge in [-0.15, -0.1) is 0 Å². The summed E-state index contributed by atoms with van der Waals surface area (Å²) in [6.45, 7) is 1.57. The zero-order valence-corrected chi connectivity index (χ0v) is 10.5. The summed E-state index contributed by atoms with van der Waals surface area (Å²) in [5.41, 5.74) is 3.56. The van der Waals surface area contributed by atoms with Gasteiger partial charge in [-0.3, -0.25) is 0 Å². The first-order chi connectivity index (χ1) is 9.40. The van der Waals surface area contributed by atoms with E-state index in [1.807, 2.05) is 17.1 Å². The Kier molecular flexibility index (Phi) is 3.27. The molecule has 0 aliphatic carbocycles. The van der Waals surface area contributed by atoms with Crippen LogP contribution in [0.3, 0.4) is 0 Å². The van der Waals surface area contributed by atoms with Gasteiger partial charge in [-0.05, 0) is 29.3 Å². The van der Waals surface area contributed by atoms with Crippen molar-refractivity contribution in [1.82, 2.24) is 19.7 Å². The number of hydrogen-bond donors (Lipinski definition) is 2. The minimum Gasteiger partial charge on any atom is -0.381 e. The maximum absolute atomic E-state index is 4.09. The number of aromatic amines is 1. The number of nitrogens with one attached hydrogen (secondary N) is 2. The molecule has 0 unspecified atom stereocenters. The van der Waals surface area contributed by atoms with Gasteiger partial charge in [-0.2, -0.15) is 5.10 Å². The molecule has 96 valence electrons. The van der Waals surface area contributed by atoms with Crippen LogP contribution in [-0.4, -0.2) is 19.7 Å². The predicted octanol–water partition coefficient (Wildman–Crippen LogP) is 2.27. The van der Waals surface area contributed by atoms with Gasteiger partial charge in [0.2, 0.25) is 0 Å². The van der Waals surface area contributed by atoms with Gasteiger partial charge >= 0.3 is 0 Å². The average molecular weight is 253 g/mol. The molecule has 0 aliphatic heterocycles. The number of anilines is 1. The summed E-state index contributed by atoms with van der Waals surface area (Å²) in [5.74, 6) is 0. The lowest BCUT2D eigenvalue weighted by Gasteiger charge is -2.06. The molecule has 5 nitrogen and oxygen atoms in total. The summed E-state index contributed by atoms with van der Waals surface area (Å²) < 4.78 is 1.81. The van der Waals surface area contributed by atoms with Gasteiger partial charge < -0.3 is 10.3 Å². The van der Waals surface area contributed by atoms with Gasteiger partial charge in [-0.25, -0.2) is 9.67 Å². The summed E-state index contributed by atoms with van der Waals surface area (Å²) in [4.78, 5) is 6.97. The summed E-state index contributed by atoms with van der Waals surface area (Å²) >= 11 is 0. The molecule has 0 bridgehead atoms. The van der Waals surface area contributed by atoms with Crippen LogP contribution in [0.15, 0.2) is 55.4 Å². The van der Waals surface area contributed by atoms with Crippen LogP contribution in [0.25, 0.3) is 0 Å². The Morgan fingerprint density at radius 1 is 1.11 bits per heavy atom. The first-order valence-electron chi connectivity index (χ1n) is 6.17. The average Bonchev–Trinajstić information content (AvgIpc) is 3.11. The minimum absolute atomic E-state index is 0.748. The van der Waals surface area contributed by atoms with E-state index in [1.54, 1.807) is 12.7 Å². The molecule has 0 saturated heterocycles. The van der Waals surface area contributed by atoms with E-state index in [-0.39, 0.29) is 0 Å². The minimum atomic E-state index is 0.748. The molecular weight excluding hydrogens is 238 g/mol. The smallest absolute Gasteiger partial charge is 0.137 e. The molecule has 3 aromatic rings. The lowest BCUT2D eigenvalue weighted by Crippen LogP contribution is -2.01. The number of aromatic nitrogens is 4. The van der Waals surface area contributed by atoms with Crippen LogP contribution in [0.5, 0.6) is 0 Å². The molecular formula is C14H15N5. The van der Waals surface area contributed by atoms with Gasteiger partial charge in [0, 0.05) is 24.6 Å². The molecule has 0 spiro atoms. The molecule has 3 rings (SSSR count). The van der Waals surface area contributed by atoms with Crippen molar-refractivity contribution in [3.8, 4) is 0 Å². The second-order valence-electron chi connectivity index (χ2n) is 4.36. The largest absolute Gasteiger partial charge is 0.381 e. The fourth-order valence-corrected chi connectivity index (χ4v) is 1.90. The van der Waals surface area contributed by atoms with Crippen LogP contribution < -0.4 is 5.32 Å². The Morgan fingerprint density at radius 2 is 2.00 bits per heavy atom. The van der Waals surface area contributed by atoms with E-state index in [0.29, 0.717) is 0 Å². The number of H-pyrrole nitrogens is 1. The van der Waals surface area contributed by atoms with E-state index in [4.69, 9.17) is 0 Å². The molecule has 0 atom stereocenters. The van der Waals surface area contributed by atoms with Crippen molar-refractivity contribution in [2.45, 2.75) is 13.1 Å². The Hall–Kier alpha value is -2.56. The molecule has 0 fully saturated rings. The summed E-state index contributed by atoms with van der Waals surface area (Å²) in [6.07, 6.45) is 7.19. The summed E-state index contributed by atoms with van der Waals surface area (Å²) in [7, 11) is 0. The second kappa shape index (κ2) is 5.39. The van der Waals surface area contributed by atoms with Gasteiger partial charge in [0.25, 0.3) is 0 Å². The SMILES string of the molecule is c1ncn(Cc2ccc(NCc3cc[nH]c3)cc2)n1. The highest BCUT2D eigenvalue weighted by atomic mass is 15.3. The third kappa shape index (κ3) is 3.01. The highest BCUT2D eigenvalue weighted by Crippen LogP contribution is 2.11. The Bertz CT molecular complexity index is 596. The maximum atomic E-state index is 4.09. The number of hydrogen-bond acceptors (Lipinski definition) is 3. The molecule has 0 radical (unpaired) electrons. The van der Waals surface area contributed by atoms with E-state index in [0.717, 1.165) is 18.8 Å². The lowest BCUT2D eigenvalue weighted by molar-refractivity contribution is 0.685. The van der Waals surface area contributed by atoms with Gasteiger partial charge in [0.1, 0.15) is 12.7 Å². The quantitative estimate of drug-likeness (QED) is 0.733. The van der Waals surface area contributed by atoms with Crippen LogP contribution in [-0.2, 0) is 13.1 Å². The molecule has 5 heteroatoms. The van der Waals surface area contributed by atoms with E-state index in [1.165, 1.54) is 11.1 Å². The highest BCUT2D eigenvalue weighted by Gasteiger charge is 1.97. The normalized spacial score (nSPS) is 10.5. The Balaban J connectivity index is 1.59. The summed E-state index contributed by atoms with van der Waals surface area (Å²) in [6, 6.07) is 10.4. The van der Waals surface area contributed by atoms with Crippen molar-refractivity contribution < 1.29 is 0 Å². The van der Waals surface area contributed by atoms with E-state index >= 15 is 0 Å². The third-order valence-electron chi connectivity index (χ3n) is 2.92. The van der Waals surface area contributed by atoms with E-state index in [2.05, 4.69) is 50.7 Å². The highest BCUT2D eigenvalue weighted by molar-refractivity contribution is 5.45. The molecule has 19 heavy (non-hydrogen) atoms. The monoisotopic (exact) mass is 253 g/mol. The molecule has 0 aliphatic rings. The maximum Gasteiger partial charge on any atom is 0.137 e. The molecule has 2 heterocycles.